The van der Waals surface area contributed by atoms with E-state index in [1.807, 2.05) is 34.9 Å². The van der Waals surface area contributed by atoms with Crippen LogP contribution in [-0.2, 0) is 11.2 Å². The molecule has 1 saturated heterocycles. The van der Waals surface area contributed by atoms with Crippen molar-refractivity contribution >= 4 is 5.91 Å². The van der Waals surface area contributed by atoms with E-state index in [2.05, 4.69) is 27.8 Å². The van der Waals surface area contributed by atoms with Gasteiger partial charge >= 0.3 is 0 Å². The summed E-state index contributed by atoms with van der Waals surface area (Å²) in [5.41, 5.74) is 2.04. The molecule has 2 aromatic heterocycles. The van der Waals surface area contributed by atoms with Crippen LogP contribution in [0.5, 0.6) is 0 Å². The van der Waals surface area contributed by atoms with E-state index < -0.39 is 0 Å². The summed E-state index contributed by atoms with van der Waals surface area (Å²) in [5, 5.41) is 3.08. The third-order valence-corrected chi connectivity index (χ3v) is 6.10. The largest absolute Gasteiger partial charge is 0.354 e. The molecule has 2 bridgehead atoms. The number of aromatic nitrogens is 2. The lowest BCUT2D eigenvalue weighted by Gasteiger charge is -2.46. The van der Waals surface area contributed by atoms with Gasteiger partial charge in [0, 0.05) is 62.2 Å². The second-order valence-corrected chi connectivity index (χ2v) is 8.05. The standard InChI is InChI=1S/C23H28N4O2/c1-2-12-26-15-17-13-18(16-26)21(27-20(17)7-5-8-23(27)29)14-25-22(28)10-9-19-6-3-4-11-24-19/h2-8,11,17-18,21H,1,9-10,12-16H2,(H,25,28)/t17-,18+,21+/m1/s1. The zero-order valence-corrected chi connectivity index (χ0v) is 16.7. The summed E-state index contributed by atoms with van der Waals surface area (Å²) in [4.78, 5) is 31.8. The number of amides is 1. The molecular formula is C23H28N4O2. The Kier molecular flexibility index (Phi) is 5.90. The van der Waals surface area contributed by atoms with E-state index in [1.165, 1.54) is 0 Å². The number of carbonyl (C=O) groups is 1. The first kappa shape index (κ1) is 19.6. The fraction of sp³-hybridized carbons (Fsp3) is 0.435. The maximum Gasteiger partial charge on any atom is 0.251 e. The van der Waals surface area contributed by atoms with Gasteiger partial charge in [-0.05, 0) is 37.0 Å². The summed E-state index contributed by atoms with van der Waals surface area (Å²) < 4.78 is 1.93. The second-order valence-electron chi connectivity index (χ2n) is 8.05. The number of nitrogens with one attached hydrogen (secondary N) is 1. The molecule has 6 nitrogen and oxygen atoms in total. The lowest BCUT2D eigenvalue weighted by molar-refractivity contribution is -0.121. The fourth-order valence-corrected chi connectivity index (χ4v) is 4.82. The number of piperidine rings is 1. The molecule has 0 aromatic carbocycles. The van der Waals surface area contributed by atoms with Crippen LogP contribution in [0, 0.1) is 5.92 Å². The molecule has 29 heavy (non-hydrogen) atoms. The first-order valence-corrected chi connectivity index (χ1v) is 10.4. The Morgan fingerprint density at radius 1 is 1.24 bits per heavy atom. The van der Waals surface area contributed by atoms with Crippen LogP contribution in [0.3, 0.4) is 0 Å². The minimum Gasteiger partial charge on any atom is -0.354 e. The minimum absolute atomic E-state index is 0.00191. The van der Waals surface area contributed by atoms with Gasteiger partial charge in [0.2, 0.25) is 5.91 Å². The van der Waals surface area contributed by atoms with Crippen LogP contribution in [0.2, 0.25) is 0 Å². The van der Waals surface area contributed by atoms with Crippen LogP contribution in [-0.4, -0.2) is 46.5 Å². The number of rotatable bonds is 7. The van der Waals surface area contributed by atoms with Crippen LogP contribution < -0.4 is 10.9 Å². The Balaban J connectivity index is 1.47. The second kappa shape index (κ2) is 8.74. The van der Waals surface area contributed by atoms with Gasteiger partial charge in [-0.3, -0.25) is 19.5 Å². The van der Waals surface area contributed by atoms with Crippen LogP contribution in [0.15, 0.2) is 60.0 Å². The van der Waals surface area contributed by atoms with E-state index in [0.29, 0.717) is 31.2 Å². The number of pyridine rings is 2. The Hall–Kier alpha value is -2.73. The zero-order chi connectivity index (χ0) is 20.2. The molecule has 0 radical (unpaired) electrons. The highest BCUT2D eigenvalue weighted by atomic mass is 16.1. The molecule has 3 atom stereocenters. The smallest absolute Gasteiger partial charge is 0.251 e. The Morgan fingerprint density at radius 2 is 2.14 bits per heavy atom. The normalized spacial score (nSPS) is 23.2. The van der Waals surface area contributed by atoms with E-state index >= 15 is 0 Å². The summed E-state index contributed by atoms with van der Waals surface area (Å²) in [6, 6.07) is 11.3. The Labute approximate surface area is 171 Å². The summed E-state index contributed by atoms with van der Waals surface area (Å²) in [6.45, 7) is 7.09. The predicted octanol–water partition coefficient (Wildman–Crippen LogP) is 2.14. The fourth-order valence-electron chi connectivity index (χ4n) is 4.82. The van der Waals surface area contributed by atoms with Crippen molar-refractivity contribution in [2.75, 3.05) is 26.2 Å². The molecule has 6 heteroatoms. The monoisotopic (exact) mass is 392 g/mol. The quantitative estimate of drug-likeness (QED) is 0.733. The number of hydrogen-bond acceptors (Lipinski definition) is 4. The molecule has 2 aliphatic heterocycles. The van der Waals surface area contributed by atoms with Crippen LogP contribution >= 0.6 is 0 Å². The zero-order valence-electron chi connectivity index (χ0n) is 16.7. The molecule has 0 aliphatic carbocycles. The van der Waals surface area contributed by atoms with Gasteiger partial charge in [-0.25, -0.2) is 0 Å². The Morgan fingerprint density at radius 3 is 2.93 bits per heavy atom. The number of fused-ring (bicyclic) bond motifs is 4. The van der Waals surface area contributed by atoms with Crippen molar-refractivity contribution in [1.82, 2.24) is 19.8 Å². The van der Waals surface area contributed by atoms with Gasteiger partial charge in [0.05, 0.1) is 6.04 Å². The molecular weight excluding hydrogens is 364 g/mol. The van der Waals surface area contributed by atoms with Gasteiger partial charge in [-0.2, -0.15) is 0 Å². The van der Waals surface area contributed by atoms with Gasteiger partial charge in [-0.15, -0.1) is 6.58 Å². The lowest BCUT2D eigenvalue weighted by atomic mass is 9.78. The molecule has 2 aromatic rings. The van der Waals surface area contributed by atoms with E-state index in [9.17, 15) is 9.59 Å². The molecule has 4 rings (SSSR count). The van der Waals surface area contributed by atoms with E-state index in [1.54, 1.807) is 12.3 Å². The van der Waals surface area contributed by atoms with Gasteiger partial charge in [-0.1, -0.05) is 18.2 Å². The third kappa shape index (κ3) is 4.32. The van der Waals surface area contributed by atoms with Crippen molar-refractivity contribution in [3.8, 4) is 0 Å². The summed E-state index contributed by atoms with van der Waals surface area (Å²) >= 11 is 0. The number of nitrogens with zero attached hydrogens (tertiary/aromatic N) is 3. The van der Waals surface area contributed by atoms with Gasteiger partial charge in [0.15, 0.2) is 0 Å². The maximum absolute atomic E-state index is 12.7. The minimum atomic E-state index is -0.0126. The molecule has 1 amide bonds. The molecule has 4 heterocycles. The summed E-state index contributed by atoms with van der Waals surface area (Å²) in [7, 11) is 0. The van der Waals surface area contributed by atoms with Crippen molar-refractivity contribution < 1.29 is 4.79 Å². The van der Waals surface area contributed by atoms with Gasteiger partial charge in [0.1, 0.15) is 0 Å². The molecule has 0 unspecified atom stereocenters. The molecule has 152 valence electrons. The average molecular weight is 393 g/mol. The van der Waals surface area contributed by atoms with Crippen molar-refractivity contribution in [2.24, 2.45) is 5.92 Å². The molecule has 1 fully saturated rings. The third-order valence-electron chi connectivity index (χ3n) is 6.10. The van der Waals surface area contributed by atoms with E-state index in [0.717, 1.165) is 37.4 Å². The van der Waals surface area contributed by atoms with Crippen LogP contribution in [0.1, 0.15) is 36.2 Å². The first-order valence-electron chi connectivity index (χ1n) is 10.4. The molecule has 0 saturated carbocycles. The highest BCUT2D eigenvalue weighted by Crippen LogP contribution is 2.40. The van der Waals surface area contributed by atoms with Crippen molar-refractivity contribution in [2.45, 2.75) is 31.2 Å². The number of aryl methyl sites for hydroxylation is 1. The van der Waals surface area contributed by atoms with Crippen molar-refractivity contribution in [3.63, 3.8) is 0 Å². The van der Waals surface area contributed by atoms with E-state index in [-0.39, 0.29) is 17.5 Å². The SMILES string of the molecule is C=CCN1C[C@H]2C[C@@H](C1)[C@H](CNC(=O)CCc1ccccn1)n1c2cccc1=O. The van der Waals surface area contributed by atoms with E-state index in [4.69, 9.17) is 0 Å². The summed E-state index contributed by atoms with van der Waals surface area (Å²) in [5.74, 6) is 0.707. The number of likely N-dealkylation sites (tertiary alicyclic amines) is 1. The Bertz CT molecular complexity index is 924. The van der Waals surface area contributed by atoms with Crippen molar-refractivity contribution in [3.05, 3.63) is 77.0 Å². The average Bonchev–Trinajstić information content (AvgIpc) is 2.73. The highest BCUT2D eigenvalue weighted by Gasteiger charge is 2.40. The van der Waals surface area contributed by atoms with Gasteiger partial charge in [0.25, 0.3) is 5.56 Å². The van der Waals surface area contributed by atoms with Gasteiger partial charge < -0.3 is 9.88 Å². The maximum atomic E-state index is 12.7. The van der Waals surface area contributed by atoms with Crippen LogP contribution in [0.25, 0.3) is 0 Å². The molecule has 0 spiro atoms. The summed E-state index contributed by atoms with van der Waals surface area (Å²) in [6.07, 6.45) is 5.76. The number of carbonyl (C=O) groups excluding carboxylic acids is 1. The first-order chi connectivity index (χ1) is 14.2. The highest BCUT2D eigenvalue weighted by molar-refractivity contribution is 5.76. The van der Waals surface area contributed by atoms with Crippen LogP contribution in [0.4, 0.5) is 0 Å². The lowest BCUT2D eigenvalue weighted by Crippen LogP contribution is -2.52. The number of hydrogen-bond donors (Lipinski definition) is 1. The van der Waals surface area contributed by atoms with Crippen molar-refractivity contribution in [1.29, 1.82) is 0 Å². The molecule has 1 N–H and O–H groups in total. The molecule has 2 aliphatic rings. The predicted molar refractivity (Wildman–Crippen MR) is 113 cm³/mol. The topological polar surface area (TPSA) is 67.2 Å².